The van der Waals surface area contributed by atoms with E-state index in [2.05, 4.69) is 84.1 Å². The van der Waals surface area contributed by atoms with Gasteiger partial charge >= 0.3 is 0 Å². The first kappa shape index (κ1) is 17.0. The van der Waals surface area contributed by atoms with Crippen molar-refractivity contribution in [2.45, 2.75) is 13.8 Å². The monoisotopic (exact) mass is 388 g/mol. The van der Waals surface area contributed by atoms with Crippen LogP contribution in [0.3, 0.4) is 0 Å². The molecule has 0 saturated heterocycles. The molecular weight excluding hydrogens is 368 g/mol. The molecular formula is C27H20N2O. The fourth-order valence-corrected chi connectivity index (χ4v) is 4.28. The third kappa shape index (κ3) is 2.56. The number of hydrogen-bond acceptors (Lipinski definition) is 2. The van der Waals surface area contributed by atoms with Crippen LogP contribution >= 0.6 is 0 Å². The Morgan fingerprint density at radius 2 is 1.33 bits per heavy atom. The lowest BCUT2D eigenvalue weighted by Gasteiger charge is -2.08. The predicted octanol–water partition coefficient (Wildman–Crippen LogP) is 7.21. The van der Waals surface area contributed by atoms with Crippen molar-refractivity contribution in [1.82, 2.24) is 9.55 Å². The van der Waals surface area contributed by atoms with E-state index in [9.17, 15) is 0 Å². The maximum atomic E-state index is 5.93. The van der Waals surface area contributed by atoms with E-state index >= 15 is 0 Å². The fraction of sp³-hybridized carbons (Fsp3) is 0.0741. The quantitative estimate of drug-likeness (QED) is 0.314. The van der Waals surface area contributed by atoms with Crippen LogP contribution in [0.15, 0.2) is 89.3 Å². The van der Waals surface area contributed by atoms with Gasteiger partial charge in [0, 0.05) is 22.0 Å². The van der Waals surface area contributed by atoms with Gasteiger partial charge in [-0.3, -0.25) is 0 Å². The fourth-order valence-electron chi connectivity index (χ4n) is 4.28. The Hall–Kier alpha value is -3.85. The Labute approximate surface area is 174 Å². The van der Waals surface area contributed by atoms with Crippen LogP contribution < -0.4 is 0 Å². The zero-order valence-corrected chi connectivity index (χ0v) is 16.9. The predicted molar refractivity (Wildman–Crippen MR) is 123 cm³/mol. The third-order valence-corrected chi connectivity index (χ3v) is 5.74. The van der Waals surface area contributed by atoms with Crippen LogP contribution in [-0.2, 0) is 0 Å². The van der Waals surface area contributed by atoms with E-state index < -0.39 is 0 Å². The lowest BCUT2D eigenvalue weighted by molar-refractivity contribution is 0.620. The Bertz CT molecular complexity index is 1460. The highest BCUT2D eigenvalue weighted by Gasteiger charge is 2.13. The molecule has 0 atom stereocenters. The second-order valence-corrected chi connectivity index (χ2v) is 7.91. The van der Waals surface area contributed by atoms with E-state index in [4.69, 9.17) is 4.42 Å². The lowest BCUT2D eigenvalue weighted by atomic mass is 10.1. The van der Waals surface area contributed by atoms with Crippen molar-refractivity contribution in [1.29, 1.82) is 0 Å². The average Bonchev–Trinajstić information content (AvgIpc) is 3.33. The number of aryl methyl sites for hydroxylation is 2. The SMILES string of the molecule is Cc1ccc2c(c1)c1cc(C)ccc1n2-c1ccc(-c2nc3ccccc3o2)cc1. The Morgan fingerprint density at radius 1 is 0.700 bits per heavy atom. The van der Waals surface area contributed by atoms with Crippen LogP contribution in [0.25, 0.3) is 50.0 Å². The Morgan fingerprint density at radius 3 is 1.97 bits per heavy atom. The zero-order chi connectivity index (χ0) is 20.2. The summed E-state index contributed by atoms with van der Waals surface area (Å²) in [5.41, 5.74) is 8.77. The van der Waals surface area contributed by atoms with Gasteiger partial charge < -0.3 is 8.98 Å². The highest BCUT2D eigenvalue weighted by Crippen LogP contribution is 2.34. The summed E-state index contributed by atoms with van der Waals surface area (Å²) in [6, 6.07) is 29.7. The second kappa shape index (κ2) is 6.33. The van der Waals surface area contributed by atoms with E-state index in [1.807, 2.05) is 24.3 Å². The van der Waals surface area contributed by atoms with Gasteiger partial charge in [-0.1, -0.05) is 35.4 Å². The van der Waals surface area contributed by atoms with Gasteiger partial charge in [0.2, 0.25) is 5.89 Å². The molecule has 3 nitrogen and oxygen atoms in total. The molecule has 0 aliphatic rings. The van der Waals surface area contributed by atoms with Crippen LogP contribution in [0.2, 0.25) is 0 Å². The van der Waals surface area contributed by atoms with Gasteiger partial charge in [-0.05, 0) is 74.5 Å². The van der Waals surface area contributed by atoms with E-state index in [1.54, 1.807) is 0 Å². The average molecular weight is 388 g/mol. The summed E-state index contributed by atoms with van der Waals surface area (Å²) in [5.74, 6) is 0.649. The molecule has 30 heavy (non-hydrogen) atoms. The third-order valence-electron chi connectivity index (χ3n) is 5.74. The number of aromatic nitrogens is 2. The highest BCUT2D eigenvalue weighted by atomic mass is 16.3. The van der Waals surface area contributed by atoms with Gasteiger partial charge in [-0.25, -0.2) is 4.98 Å². The minimum Gasteiger partial charge on any atom is -0.436 e. The van der Waals surface area contributed by atoms with Crippen LogP contribution in [0.4, 0.5) is 0 Å². The molecule has 144 valence electrons. The van der Waals surface area contributed by atoms with E-state index in [0.29, 0.717) is 5.89 Å². The summed E-state index contributed by atoms with van der Waals surface area (Å²) in [5, 5.41) is 2.58. The van der Waals surface area contributed by atoms with Crippen molar-refractivity contribution in [3.63, 3.8) is 0 Å². The largest absolute Gasteiger partial charge is 0.436 e. The van der Waals surface area contributed by atoms with Crippen molar-refractivity contribution < 1.29 is 4.42 Å². The molecule has 4 aromatic carbocycles. The standard InChI is InChI=1S/C27H20N2O/c1-17-7-13-24-21(15-17)22-16-18(2)8-14-25(22)29(24)20-11-9-19(10-12-20)27-28-23-5-3-4-6-26(23)30-27/h3-16H,1-2H3. The van der Waals surface area contributed by atoms with Crippen molar-refractivity contribution in [3.8, 4) is 17.1 Å². The number of para-hydroxylation sites is 2. The molecule has 2 aromatic heterocycles. The maximum Gasteiger partial charge on any atom is 0.227 e. The van der Waals surface area contributed by atoms with Gasteiger partial charge in [0.05, 0.1) is 11.0 Å². The number of fused-ring (bicyclic) bond motifs is 4. The van der Waals surface area contributed by atoms with Crippen LogP contribution in [0.5, 0.6) is 0 Å². The van der Waals surface area contributed by atoms with Crippen molar-refractivity contribution in [3.05, 3.63) is 96.1 Å². The van der Waals surface area contributed by atoms with E-state index in [1.165, 1.54) is 32.9 Å². The minimum absolute atomic E-state index is 0.649. The molecule has 6 rings (SSSR count). The summed E-state index contributed by atoms with van der Waals surface area (Å²) >= 11 is 0. The summed E-state index contributed by atoms with van der Waals surface area (Å²) in [4.78, 5) is 4.62. The molecule has 0 amide bonds. The molecule has 0 unspecified atom stereocenters. The molecule has 3 heteroatoms. The molecule has 2 heterocycles. The van der Waals surface area contributed by atoms with E-state index in [-0.39, 0.29) is 0 Å². The summed E-state index contributed by atoms with van der Waals surface area (Å²) in [6.07, 6.45) is 0. The molecule has 0 bridgehead atoms. The molecule has 0 radical (unpaired) electrons. The molecule has 0 saturated carbocycles. The maximum absolute atomic E-state index is 5.93. The van der Waals surface area contributed by atoms with Gasteiger partial charge in [-0.2, -0.15) is 0 Å². The summed E-state index contributed by atoms with van der Waals surface area (Å²) in [6.45, 7) is 4.29. The minimum atomic E-state index is 0.649. The number of hydrogen-bond donors (Lipinski definition) is 0. The number of rotatable bonds is 2. The Kier molecular flexibility index (Phi) is 3.59. The summed E-state index contributed by atoms with van der Waals surface area (Å²) < 4.78 is 8.27. The molecule has 0 fully saturated rings. The van der Waals surface area contributed by atoms with Gasteiger partial charge in [-0.15, -0.1) is 0 Å². The molecule has 0 aliphatic heterocycles. The smallest absolute Gasteiger partial charge is 0.227 e. The highest BCUT2D eigenvalue weighted by molar-refractivity contribution is 6.09. The first-order chi connectivity index (χ1) is 14.7. The molecule has 6 aromatic rings. The second-order valence-electron chi connectivity index (χ2n) is 7.91. The van der Waals surface area contributed by atoms with Gasteiger partial charge in [0.25, 0.3) is 0 Å². The number of nitrogens with zero attached hydrogens (tertiary/aromatic N) is 2. The van der Waals surface area contributed by atoms with Gasteiger partial charge in [0.15, 0.2) is 5.58 Å². The number of oxazole rings is 1. The van der Waals surface area contributed by atoms with Crippen LogP contribution in [0.1, 0.15) is 11.1 Å². The van der Waals surface area contributed by atoms with E-state index in [0.717, 1.165) is 22.4 Å². The molecule has 0 N–H and O–H groups in total. The molecule has 0 spiro atoms. The lowest BCUT2D eigenvalue weighted by Crippen LogP contribution is -1.93. The normalized spacial score (nSPS) is 11.7. The summed E-state index contributed by atoms with van der Waals surface area (Å²) in [7, 11) is 0. The van der Waals surface area contributed by atoms with Crippen LogP contribution in [-0.4, -0.2) is 9.55 Å². The van der Waals surface area contributed by atoms with Crippen molar-refractivity contribution in [2.75, 3.05) is 0 Å². The van der Waals surface area contributed by atoms with Crippen molar-refractivity contribution in [2.24, 2.45) is 0 Å². The van der Waals surface area contributed by atoms with Crippen LogP contribution in [0, 0.1) is 13.8 Å². The first-order valence-corrected chi connectivity index (χ1v) is 10.2. The van der Waals surface area contributed by atoms with Crippen molar-refractivity contribution >= 4 is 32.9 Å². The zero-order valence-electron chi connectivity index (χ0n) is 16.9. The topological polar surface area (TPSA) is 31.0 Å². The number of benzene rings is 4. The first-order valence-electron chi connectivity index (χ1n) is 10.2. The Balaban J connectivity index is 1.53. The molecule has 0 aliphatic carbocycles. The van der Waals surface area contributed by atoms with Gasteiger partial charge in [0.1, 0.15) is 5.52 Å².